The molecule has 0 bridgehead atoms. The highest BCUT2D eigenvalue weighted by Gasteiger charge is 2.18. The van der Waals surface area contributed by atoms with E-state index < -0.39 is 16.4 Å². The normalized spacial score (nSPS) is 9.62. The van der Waals surface area contributed by atoms with Gasteiger partial charge in [-0.25, -0.2) is 0 Å². The monoisotopic (exact) mass is 184 g/mol. The van der Waals surface area contributed by atoms with Crippen molar-refractivity contribution >= 4 is 11.4 Å². The van der Waals surface area contributed by atoms with Crippen LogP contribution in [0.3, 0.4) is 0 Å². The summed E-state index contributed by atoms with van der Waals surface area (Å²) in [7, 11) is 1.38. The van der Waals surface area contributed by atoms with Gasteiger partial charge in [-0.1, -0.05) is 0 Å². The number of nitrogens with two attached hydrogens (primary N) is 1. The topological polar surface area (TPSA) is 98.6 Å². The smallest absolute Gasteiger partial charge is 0.333 e. The van der Waals surface area contributed by atoms with Crippen molar-refractivity contribution in [3.63, 3.8) is 0 Å². The first-order valence-corrected chi connectivity index (χ1v) is 3.37. The van der Waals surface area contributed by atoms with E-state index in [-0.39, 0.29) is 11.4 Å². The summed E-state index contributed by atoms with van der Waals surface area (Å²) in [5.41, 5.74) is 4.69. The first kappa shape index (κ1) is 9.11. The molecule has 6 heteroatoms. The number of phenolic OH excluding ortho intramolecular Hbond substituents is 1. The fraction of sp³-hybridized carbons (Fsp3) is 0.143. The van der Waals surface area contributed by atoms with Gasteiger partial charge in [0.05, 0.1) is 12.0 Å². The van der Waals surface area contributed by atoms with Crippen LogP contribution in [0.25, 0.3) is 0 Å². The van der Waals surface area contributed by atoms with Crippen molar-refractivity contribution in [3.05, 3.63) is 22.2 Å². The Labute approximate surface area is 73.7 Å². The molecule has 0 aliphatic carbocycles. The predicted molar refractivity (Wildman–Crippen MR) is 45.7 cm³/mol. The third kappa shape index (κ3) is 1.61. The molecule has 0 unspecified atom stereocenters. The maximum absolute atomic E-state index is 10.4. The Bertz CT molecular complexity index is 327. The number of rotatable bonds is 2. The number of nitro groups is 1. The highest BCUT2D eigenvalue weighted by Crippen LogP contribution is 2.35. The molecule has 0 heterocycles. The molecular formula is C7H8N2O4. The van der Waals surface area contributed by atoms with E-state index in [9.17, 15) is 15.2 Å². The minimum Gasteiger partial charge on any atom is -0.502 e. The quantitative estimate of drug-likeness (QED) is 0.404. The Morgan fingerprint density at radius 3 is 2.62 bits per heavy atom. The second kappa shape index (κ2) is 3.18. The van der Waals surface area contributed by atoms with E-state index in [0.717, 1.165) is 6.07 Å². The molecule has 0 radical (unpaired) electrons. The Morgan fingerprint density at radius 2 is 2.23 bits per heavy atom. The summed E-state index contributed by atoms with van der Waals surface area (Å²) in [5, 5.41) is 19.5. The molecule has 0 atom stereocenters. The van der Waals surface area contributed by atoms with Crippen molar-refractivity contribution in [2.75, 3.05) is 12.8 Å². The summed E-state index contributed by atoms with van der Waals surface area (Å²) in [5.74, 6) is -0.220. The van der Waals surface area contributed by atoms with Crippen LogP contribution in [0.15, 0.2) is 12.1 Å². The number of ether oxygens (including phenoxy) is 1. The number of phenols is 1. The number of nitrogens with zero attached hydrogens (tertiary/aromatic N) is 1. The number of anilines is 1. The van der Waals surface area contributed by atoms with Gasteiger partial charge >= 0.3 is 5.69 Å². The molecule has 0 fully saturated rings. The van der Waals surface area contributed by atoms with Crippen LogP contribution < -0.4 is 10.5 Å². The average Bonchev–Trinajstić information content (AvgIpc) is 2.02. The lowest BCUT2D eigenvalue weighted by molar-refractivity contribution is -0.384. The van der Waals surface area contributed by atoms with Gasteiger partial charge in [0, 0.05) is 12.1 Å². The Morgan fingerprint density at radius 1 is 1.62 bits per heavy atom. The van der Waals surface area contributed by atoms with Crippen LogP contribution >= 0.6 is 0 Å². The van der Waals surface area contributed by atoms with Gasteiger partial charge in [-0.15, -0.1) is 0 Å². The minimum atomic E-state index is -0.746. The van der Waals surface area contributed by atoms with Crippen molar-refractivity contribution in [3.8, 4) is 11.5 Å². The van der Waals surface area contributed by atoms with E-state index >= 15 is 0 Å². The van der Waals surface area contributed by atoms with E-state index in [1.807, 2.05) is 0 Å². The molecule has 0 spiro atoms. The molecule has 1 rings (SSSR count). The number of nitro benzene ring substituents is 1. The van der Waals surface area contributed by atoms with Gasteiger partial charge in [0.25, 0.3) is 0 Å². The van der Waals surface area contributed by atoms with Gasteiger partial charge in [-0.2, -0.15) is 0 Å². The van der Waals surface area contributed by atoms with Crippen molar-refractivity contribution in [2.24, 2.45) is 0 Å². The second-order valence-corrected chi connectivity index (χ2v) is 2.34. The fourth-order valence-corrected chi connectivity index (χ4v) is 0.931. The lowest BCUT2D eigenvalue weighted by Gasteiger charge is -2.03. The van der Waals surface area contributed by atoms with Gasteiger partial charge < -0.3 is 15.6 Å². The van der Waals surface area contributed by atoms with Crippen molar-refractivity contribution in [1.29, 1.82) is 0 Å². The lowest BCUT2D eigenvalue weighted by Crippen LogP contribution is -1.96. The first-order valence-electron chi connectivity index (χ1n) is 3.37. The van der Waals surface area contributed by atoms with Crippen LogP contribution in [0.1, 0.15) is 0 Å². The predicted octanol–water partition coefficient (Wildman–Crippen LogP) is 0.891. The molecule has 0 aromatic heterocycles. The zero-order chi connectivity index (χ0) is 10.0. The van der Waals surface area contributed by atoms with E-state index in [1.54, 1.807) is 0 Å². The fourth-order valence-electron chi connectivity index (χ4n) is 0.931. The molecule has 1 aromatic rings. The van der Waals surface area contributed by atoms with E-state index in [4.69, 9.17) is 10.5 Å². The van der Waals surface area contributed by atoms with Gasteiger partial charge in [-0.05, 0) is 0 Å². The van der Waals surface area contributed by atoms with Crippen LogP contribution in [0.4, 0.5) is 11.4 Å². The number of nitrogen functional groups attached to an aromatic ring is 1. The van der Waals surface area contributed by atoms with Gasteiger partial charge in [-0.3, -0.25) is 10.1 Å². The molecule has 0 saturated carbocycles. The summed E-state index contributed by atoms with van der Waals surface area (Å²) in [6.07, 6.45) is 0. The third-order valence-electron chi connectivity index (χ3n) is 1.51. The van der Waals surface area contributed by atoms with Crippen molar-refractivity contribution in [2.45, 2.75) is 0 Å². The number of methoxy groups -OCH3 is 1. The highest BCUT2D eigenvalue weighted by atomic mass is 16.6. The molecule has 3 N–H and O–H groups in total. The third-order valence-corrected chi connectivity index (χ3v) is 1.51. The van der Waals surface area contributed by atoms with E-state index in [0.29, 0.717) is 0 Å². The molecule has 1 aromatic carbocycles. The largest absolute Gasteiger partial charge is 0.502 e. The summed E-state index contributed by atoms with van der Waals surface area (Å²) in [6.45, 7) is 0. The standard InChI is InChI=1S/C7H8N2O4/c1-13-4-2-5(8)7(9(11)12)6(10)3-4/h2-3,10H,8H2,1H3. The van der Waals surface area contributed by atoms with Crippen LogP contribution in [0, 0.1) is 10.1 Å². The number of hydrogen-bond acceptors (Lipinski definition) is 5. The van der Waals surface area contributed by atoms with Crippen molar-refractivity contribution < 1.29 is 14.8 Å². The second-order valence-electron chi connectivity index (χ2n) is 2.34. The van der Waals surface area contributed by atoms with E-state index in [1.165, 1.54) is 13.2 Å². The number of benzene rings is 1. The molecule has 0 aliphatic heterocycles. The maximum atomic E-state index is 10.4. The van der Waals surface area contributed by atoms with E-state index in [2.05, 4.69) is 0 Å². The molecule has 13 heavy (non-hydrogen) atoms. The van der Waals surface area contributed by atoms with Gasteiger partial charge in [0.2, 0.25) is 0 Å². The van der Waals surface area contributed by atoms with Crippen LogP contribution in [0.2, 0.25) is 0 Å². The maximum Gasteiger partial charge on any atom is 0.333 e. The molecule has 70 valence electrons. The first-order chi connectivity index (χ1) is 6.06. The van der Waals surface area contributed by atoms with Gasteiger partial charge in [0.15, 0.2) is 5.75 Å². The molecular weight excluding hydrogens is 176 g/mol. The average molecular weight is 184 g/mol. The number of aromatic hydroxyl groups is 1. The van der Waals surface area contributed by atoms with Crippen LogP contribution in [-0.4, -0.2) is 17.1 Å². The minimum absolute atomic E-state index is 0.123. The Balaban J connectivity index is 3.31. The summed E-state index contributed by atoms with van der Waals surface area (Å²) < 4.78 is 4.75. The molecule has 0 saturated heterocycles. The number of hydrogen-bond donors (Lipinski definition) is 2. The van der Waals surface area contributed by atoms with Crippen LogP contribution in [-0.2, 0) is 0 Å². The zero-order valence-electron chi connectivity index (χ0n) is 6.85. The van der Waals surface area contributed by atoms with Crippen molar-refractivity contribution in [1.82, 2.24) is 0 Å². The molecule has 0 amide bonds. The molecule has 0 aliphatic rings. The zero-order valence-corrected chi connectivity index (χ0v) is 6.85. The SMILES string of the molecule is COc1cc(N)c([N+](=O)[O-])c(O)c1. The molecule has 6 nitrogen and oxygen atoms in total. The van der Waals surface area contributed by atoms with Gasteiger partial charge in [0.1, 0.15) is 11.4 Å². The van der Waals surface area contributed by atoms with Crippen LogP contribution in [0.5, 0.6) is 11.5 Å². The highest BCUT2D eigenvalue weighted by molar-refractivity contribution is 5.68. The summed E-state index contributed by atoms with van der Waals surface area (Å²) in [4.78, 5) is 9.62. The summed E-state index contributed by atoms with van der Waals surface area (Å²) >= 11 is 0. The Hall–Kier alpha value is -1.98. The lowest BCUT2D eigenvalue weighted by atomic mass is 10.2. The summed E-state index contributed by atoms with van der Waals surface area (Å²) in [6, 6.07) is 2.41. The Kier molecular flexibility index (Phi) is 2.23.